The minimum absolute atomic E-state index is 0.0440. The summed E-state index contributed by atoms with van der Waals surface area (Å²) in [4.78, 5) is 21.1. The molecule has 3 aromatic rings. The van der Waals surface area contributed by atoms with Gasteiger partial charge in [-0.3, -0.25) is 4.79 Å². The summed E-state index contributed by atoms with van der Waals surface area (Å²) < 4.78 is 5.48. The van der Waals surface area contributed by atoms with Crippen molar-refractivity contribution in [2.45, 2.75) is 26.4 Å². The van der Waals surface area contributed by atoms with E-state index in [0.29, 0.717) is 11.2 Å². The Morgan fingerprint density at radius 3 is 2.76 bits per heavy atom. The molecule has 0 aliphatic rings. The Kier molecular flexibility index (Phi) is 4.86. The summed E-state index contributed by atoms with van der Waals surface area (Å²) in [5.74, 6) is 1.59. The maximum atomic E-state index is 12.3. The highest BCUT2D eigenvalue weighted by Crippen LogP contribution is 2.19. The summed E-state index contributed by atoms with van der Waals surface area (Å²) in [6, 6.07) is 13.7. The lowest BCUT2D eigenvalue weighted by Crippen LogP contribution is -3.07. The van der Waals surface area contributed by atoms with Crippen molar-refractivity contribution in [2.75, 3.05) is 14.2 Å². The lowest BCUT2D eigenvalue weighted by atomic mass is 10.1. The van der Waals surface area contributed by atoms with Gasteiger partial charge in [0.15, 0.2) is 5.82 Å². The molecular formula is C20H24N3O2+. The topological polar surface area (TPSA) is 59.4 Å². The molecule has 0 saturated carbocycles. The molecule has 0 aliphatic carbocycles. The van der Waals surface area contributed by atoms with Gasteiger partial charge in [-0.25, -0.2) is 4.98 Å². The number of para-hydroxylation sites is 1. The van der Waals surface area contributed by atoms with Crippen molar-refractivity contribution in [3.8, 4) is 5.75 Å². The standard InChI is InChI=1S/C20H23N3O2/c1-13-9-10-18(25-4)15(11-13)12-23(3)14(2)19-21-17-8-6-5-7-16(17)20(24)22-19/h5-11,14H,12H2,1-4H3,(H,21,22,24)/p+1/t14-/m1/s1. The number of nitrogens with one attached hydrogen (secondary N) is 2. The van der Waals surface area contributed by atoms with Crippen molar-refractivity contribution in [3.63, 3.8) is 0 Å². The predicted molar refractivity (Wildman–Crippen MR) is 99.1 cm³/mol. The van der Waals surface area contributed by atoms with E-state index >= 15 is 0 Å². The van der Waals surface area contributed by atoms with Crippen molar-refractivity contribution < 1.29 is 9.64 Å². The second-order valence-corrected chi connectivity index (χ2v) is 6.53. The van der Waals surface area contributed by atoms with Crippen molar-refractivity contribution in [1.29, 1.82) is 0 Å². The van der Waals surface area contributed by atoms with Gasteiger partial charge in [0.05, 0.1) is 25.1 Å². The SMILES string of the molecule is COc1ccc(C)cc1C[NH+](C)[C@H](C)c1nc2ccccc2c(=O)[nH]1. The molecule has 0 spiro atoms. The molecule has 2 atom stereocenters. The van der Waals surface area contributed by atoms with Gasteiger partial charge in [0.25, 0.3) is 5.56 Å². The van der Waals surface area contributed by atoms with Crippen LogP contribution in [0.25, 0.3) is 10.9 Å². The highest BCUT2D eigenvalue weighted by atomic mass is 16.5. The Morgan fingerprint density at radius 2 is 2.00 bits per heavy atom. The molecule has 0 aliphatic heterocycles. The minimum Gasteiger partial charge on any atom is -0.496 e. The Hall–Kier alpha value is -2.66. The normalized spacial score (nSPS) is 13.6. The molecule has 25 heavy (non-hydrogen) atoms. The largest absolute Gasteiger partial charge is 0.496 e. The molecule has 0 fully saturated rings. The Balaban J connectivity index is 1.89. The third kappa shape index (κ3) is 3.56. The number of quaternary nitrogens is 1. The van der Waals surface area contributed by atoms with Gasteiger partial charge in [-0.15, -0.1) is 0 Å². The van der Waals surface area contributed by atoms with Crippen LogP contribution in [0, 0.1) is 6.92 Å². The van der Waals surface area contributed by atoms with Gasteiger partial charge in [0.2, 0.25) is 0 Å². The Morgan fingerprint density at radius 1 is 1.24 bits per heavy atom. The molecule has 130 valence electrons. The summed E-state index contributed by atoms with van der Waals surface area (Å²) >= 11 is 0. The van der Waals surface area contributed by atoms with Crippen molar-refractivity contribution in [2.24, 2.45) is 0 Å². The first-order chi connectivity index (χ1) is 12.0. The first-order valence-electron chi connectivity index (χ1n) is 8.44. The maximum Gasteiger partial charge on any atom is 0.258 e. The zero-order valence-electron chi connectivity index (χ0n) is 15.1. The van der Waals surface area contributed by atoms with Gasteiger partial charge >= 0.3 is 0 Å². The number of methoxy groups -OCH3 is 1. The van der Waals surface area contributed by atoms with Crippen LogP contribution in [-0.2, 0) is 6.54 Å². The van der Waals surface area contributed by atoms with Crippen LogP contribution in [0.5, 0.6) is 5.75 Å². The van der Waals surface area contributed by atoms with Crippen LogP contribution in [-0.4, -0.2) is 24.1 Å². The minimum atomic E-state index is -0.0895. The zero-order valence-corrected chi connectivity index (χ0v) is 15.1. The monoisotopic (exact) mass is 338 g/mol. The van der Waals surface area contributed by atoms with E-state index in [1.807, 2.05) is 30.3 Å². The lowest BCUT2D eigenvalue weighted by molar-refractivity contribution is -0.924. The fourth-order valence-electron chi connectivity index (χ4n) is 3.04. The molecule has 0 radical (unpaired) electrons. The molecule has 0 bridgehead atoms. The van der Waals surface area contributed by atoms with Crippen molar-refractivity contribution >= 4 is 10.9 Å². The van der Waals surface area contributed by atoms with Crippen LogP contribution >= 0.6 is 0 Å². The van der Waals surface area contributed by atoms with E-state index in [1.165, 1.54) is 10.5 Å². The highest BCUT2D eigenvalue weighted by Gasteiger charge is 2.20. The average molecular weight is 338 g/mol. The number of hydrogen-bond acceptors (Lipinski definition) is 3. The molecule has 2 N–H and O–H groups in total. The van der Waals surface area contributed by atoms with Crippen LogP contribution in [0.4, 0.5) is 0 Å². The van der Waals surface area contributed by atoms with Crippen LogP contribution in [0.2, 0.25) is 0 Å². The smallest absolute Gasteiger partial charge is 0.258 e. The van der Waals surface area contributed by atoms with Gasteiger partial charge in [-0.05, 0) is 38.1 Å². The van der Waals surface area contributed by atoms with E-state index in [4.69, 9.17) is 4.74 Å². The first-order valence-corrected chi connectivity index (χ1v) is 8.44. The number of nitrogens with zero attached hydrogens (tertiary/aromatic N) is 1. The van der Waals surface area contributed by atoms with Gasteiger partial charge in [0, 0.05) is 5.56 Å². The quantitative estimate of drug-likeness (QED) is 0.748. The number of aromatic amines is 1. The van der Waals surface area contributed by atoms with Gasteiger partial charge in [0.1, 0.15) is 18.3 Å². The summed E-state index contributed by atoms with van der Waals surface area (Å²) in [6.07, 6.45) is 0. The fourth-order valence-corrected chi connectivity index (χ4v) is 3.04. The summed E-state index contributed by atoms with van der Waals surface area (Å²) in [5.41, 5.74) is 2.99. The first kappa shape index (κ1) is 17.2. The van der Waals surface area contributed by atoms with E-state index in [2.05, 4.69) is 36.9 Å². The number of fused-ring (bicyclic) bond motifs is 1. The summed E-state index contributed by atoms with van der Waals surface area (Å²) in [6.45, 7) is 4.93. The third-order valence-electron chi connectivity index (χ3n) is 4.69. The molecule has 1 heterocycles. The van der Waals surface area contributed by atoms with Crippen molar-refractivity contribution in [3.05, 3.63) is 69.8 Å². The molecule has 3 rings (SSSR count). The van der Waals surface area contributed by atoms with E-state index in [9.17, 15) is 4.79 Å². The maximum absolute atomic E-state index is 12.3. The predicted octanol–water partition coefficient (Wildman–Crippen LogP) is 2.02. The molecule has 5 nitrogen and oxygen atoms in total. The number of aryl methyl sites for hydroxylation is 1. The third-order valence-corrected chi connectivity index (χ3v) is 4.69. The second kappa shape index (κ2) is 7.07. The van der Waals surface area contributed by atoms with E-state index < -0.39 is 0 Å². The zero-order chi connectivity index (χ0) is 18.0. The van der Waals surface area contributed by atoms with E-state index in [-0.39, 0.29) is 11.6 Å². The highest BCUT2D eigenvalue weighted by molar-refractivity contribution is 5.77. The Bertz CT molecular complexity index is 949. The number of ether oxygens (including phenoxy) is 1. The molecule has 0 amide bonds. The molecular weight excluding hydrogens is 314 g/mol. The second-order valence-electron chi connectivity index (χ2n) is 6.53. The fraction of sp³-hybridized carbons (Fsp3) is 0.300. The number of hydrogen-bond donors (Lipinski definition) is 2. The van der Waals surface area contributed by atoms with E-state index in [0.717, 1.165) is 23.4 Å². The van der Waals surface area contributed by atoms with Crippen molar-refractivity contribution in [1.82, 2.24) is 9.97 Å². The van der Waals surface area contributed by atoms with Crippen LogP contribution in [0.1, 0.15) is 29.9 Å². The summed E-state index contributed by atoms with van der Waals surface area (Å²) in [7, 11) is 3.79. The number of rotatable bonds is 5. The van der Waals surface area contributed by atoms with Crippen LogP contribution in [0.15, 0.2) is 47.3 Å². The van der Waals surface area contributed by atoms with Crippen LogP contribution < -0.4 is 15.2 Å². The molecule has 1 unspecified atom stereocenters. The van der Waals surface area contributed by atoms with Gasteiger partial charge in [-0.2, -0.15) is 0 Å². The molecule has 0 saturated heterocycles. The average Bonchev–Trinajstić information content (AvgIpc) is 2.61. The number of aromatic nitrogens is 2. The molecule has 2 aromatic carbocycles. The molecule has 1 aromatic heterocycles. The van der Waals surface area contributed by atoms with Gasteiger partial charge in [-0.1, -0.05) is 23.8 Å². The molecule has 5 heteroatoms. The lowest BCUT2D eigenvalue weighted by Gasteiger charge is -2.22. The number of H-pyrrole nitrogens is 1. The number of benzene rings is 2. The van der Waals surface area contributed by atoms with Gasteiger partial charge < -0.3 is 14.6 Å². The summed E-state index contributed by atoms with van der Waals surface area (Å²) in [5, 5.41) is 0.622. The van der Waals surface area contributed by atoms with Crippen LogP contribution in [0.3, 0.4) is 0 Å². The van der Waals surface area contributed by atoms with E-state index in [1.54, 1.807) is 13.2 Å². The Labute approximate surface area is 147 Å².